The fourth-order valence-electron chi connectivity index (χ4n) is 3.60. The second-order valence-electron chi connectivity index (χ2n) is 8.15. The molecule has 0 fully saturated rings. The van der Waals surface area contributed by atoms with Crippen molar-refractivity contribution >= 4 is 22.6 Å². The third-order valence-corrected chi connectivity index (χ3v) is 5.28. The standard InChI is InChI=1S/C26H27N3O2/c1-18(2)25(26(31)29(3)17-21-8-6-7-20(13-21)16-27)28-24(30)15-19-11-12-22-9-4-5-10-23(22)14-19/h4-14,18,25H,15,17H2,1-3H3,(H,28,30). The monoisotopic (exact) mass is 413 g/mol. The van der Waals surface area contributed by atoms with E-state index in [1.54, 1.807) is 30.1 Å². The van der Waals surface area contributed by atoms with E-state index in [0.717, 1.165) is 21.9 Å². The van der Waals surface area contributed by atoms with Crippen molar-refractivity contribution in [3.8, 4) is 6.07 Å². The van der Waals surface area contributed by atoms with Gasteiger partial charge in [-0.3, -0.25) is 9.59 Å². The minimum atomic E-state index is -0.614. The van der Waals surface area contributed by atoms with Crippen LogP contribution in [-0.2, 0) is 22.6 Å². The third-order valence-electron chi connectivity index (χ3n) is 5.28. The Morgan fingerprint density at radius 1 is 0.968 bits per heavy atom. The minimum Gasteiger partial charge on any atom is -0.344 e. The van der Waals surface area contributed by atoms with Gasteiger partial charge in [0, 0.05) is 13.6 Å². The maximum absolute atomic E-state index is 13.1. The minimum absolute atomic E-state index is 0.0547. The number of nitriles is 1. The molecule has 0 saturated carbocycles. The highest BCUT2D eigenvalue weighted by molar-refractivity contribution is 5.89. The molecule has 3 aromatic carbocycles. The van der Waals surface area contributed by atoms with Crippen molar-refractivity contribution in [2.45, 2.75) is 32.9 Å². The van der Waals surface area contributed by atoms with Gasteiger partial charge < -0.3 is 10.2 Å². The molecule has 1 N–H and O–H groups in total. The van der Waals surface area contributed by atoms with Crippen LogP contribution in [0.2, 0.25) is 0 Å². The van der Waals surface area contributed by atoms with E-state index in [0.29, 0.717) is 12.1 Å². The predicted octanol–water partition coefficient (Wildman–Crippen LogP) is 4.05. The second-order valence-corrected chi connectivity index (χ2v) is 8.15. The van der Waals surface area contributed by atoms with Crippen LogP contribution in [-0.4, -0.2) is 29.8 Å². The number of carbonyl (C=O) groups excluding carboxylic acids is 2. The first-order valence-corrected chi connectivity index (χ1v) is 10.4. The molecule has 1 atom stereocenters. The molecule has 2 amide bonds. The zero-order chi connectivity index (χ0) is 22.4. The van der Waals surface area contributed by atoms with Crippen molar-refractivity contribution in [2.75, 3.05) is 7.05 Å². The first kappa shape index (κ1) is 22.0. The van der Waals surface area contributed by atoms with Crippen LogP contribution in [0.25, 0.3) is 10.8 Å². The molecule has 0 spiro atoms. The van der Waals surface area contributed by atoms with Crippen LogP contribution in [0.15, 0.2) is 66.7 Å². The Labute approximate surface area is 183 Å². The normalized spacial score (nSPS) is 11.7. The summed E-state index contributed by atoms with van der Waals surface area (Å²) in [4.78, 5) is 27.4. The zero-order valence-electron chi connectivity index (χ0n) is 18.1. The van der Waals surface area contributed by atoms with Gasteiger partial charge in [-0.1, -0.05) is 68.4 Å². The number of hydrogen-bond acceptors (Lipinski definition) is 3. The third kappa shape index (κ3) is 5.70. The van der Waals surface area contributed by atoms with E-state index in [9.17, 15) is 9.59 Å². The molecule has 5 nitrogen and oxygen atoms in total. The molecule has 1 unspecified atom stereocenters. The molecule has 0 heterocycles. The lowest BCUT2D eigenvalue weighted by Gasteiger charge is -2.27. The summed E-state index contributed by atoms with van der Waals surface area (Å²) >= 11 is 0. The van der Waals surface area contributed by atoms with Crippen molar-refractivity contribution in [1.29, 1.82) is 5.26 Å². The quantitative estimate of drug-likeness (QED) is 0.635. The highest BCUT2D eigenvalue weighted by atomic mass is 16.2. The average molecular weight is 414 g/mol. The van der Waals surface area contributed by atoms with E-state index >= 15 is 0 Å². The molecule has 0 aliphatic carbocycles. The molecule has 3 rings (SSSR count). The molecular weight excluding hydrogens is 386 g/mol. The van der Waals surface area contributed by atoms with E-state index in [1.807, 2.05) is 62.4 Å². The Morgan fingerprint density at radius 3 is 2.42 bits per heavy atom. The number of fused-ring (bicyclic) bond motifs is 1. The van der Waals surface area contributed by atoms with E-state index in [-0.39, 0.29) is 24.2 Å². The molecule has 0 aromatic heterocycles. The maximum Gasteiger partial charge on any atom is 0.245 e. The van der Waals surface area contributed by atoms with Crippen LogP contribution in [0.4, 0.5) is 0 Å². The SMILES string of the molecule is CC(C)C(NC(=O)Cc1ccc2ccccc2c1)C(=O)N(C)Cc1cccc(C#N)c1. The summed E-state index contributed by atoms with van der Waals surface area (Å²) in [6.07, 6.45) is 0.218. The lowest BCUT2D eigenvalue weighted by Crippen LogP contribution is -2.50. The second kappa shape index (κ2) is 9.90. The van der Waals surface area contributed by atoms with Gasteiger partial charge in [0.05, 0.1) is 18.1 Å². The van der Waals surface area contributed by atoms with Crippen molar-refractivity contribution < 1.29 is 9.59 Å². The molecule has 0 bridgehead atoms. The molecule has 158 valence electrons. The highest BCUT2D eigenvalue weighted by Crippen LogP contribution is 2.16. The molecule has 0 aliphatic rings. The Balaban J connectivity index is 1.66. The molecule has 5 heteroatoms. The maximum atomic E-state index is 13.1. The summed E-state index contributed by atoms with van der Waals surface area (Å²) in [5, 5.41) is 14.2. The Bertz CT molecular complexity index is 1130. The molecular formula is C26H27N3O2. The summed E-state index contributed by atoms with van der Waals surface area (Å²) in [6, 6.07) is 22.7. The van der Waals surface area contributed by atoms with Crippen LogP contribution in [0, 0.1) is 17.2 Å². The van der Waals surface area contributed by atoms with Gasteiger partial charge in [0.15, 0.2) is 0 Å². The number of carbonyl (C=O) groups is 2. The van der Waals surface area contributed by atoms with Crippen molar-refractivity contribution in [3.05, 3.63) is 83.4 Å². The number of benzene rings is 3. The smallest absolute Gasteiger partial charge is 0.245 e. The van der Waals surface area contributed by atoms with Gasteiger partial charge in [0.2, 0.25) is 11.8 Å². The number of nitrogens with one attached hydrogen (secondary N) is 1. The summed E-state index contributed by atoms with van der Waals surface area (Å²) in [6.45, 7) is 4.21. The van der Waals surface area contributed by atoms with Gasteiger partial charge in [0.25, 0.3) is 0 Å². The van der Waals surface area contributed by atoms with Crippen molar-refractivity contribution in [2.24, 2.45) is 5.92 Å². The summed E-state index contributed by atoms with van der Waals surface area (Å²) < 4.78 is 0. The first-order valence-electron chi connectivity index (χ1n) is 10.4. The van der Waals surface area contributed by atoms with E-state index in [4.69, 9.17) is 5.26 Å². The van der Waals surface area contributed by atoms with Gasteiger partial charge in [0.1, 0.15) is 6.04 Å². The van der Waals surface area contributed by atoms with Crippen LogP contribution < -0.4 is 5.32 Å². The molecule has 31 heavy (non-hydrogen) atoms. The van der Waals surface area contributed by atoms with E-state index in [2.05, 4.69) is 11.4 Å². The van der Waals surface area contributed by atoms with Gasteiger partial charge in [-0.25, -0.2) is 0 Å². The van der Waals surface area contributed by atoms with E-state index < -0.39 is 6.04 Å². The molecule has 0 radical (unpaired) electrons. The number of hydrogen-bond donors (Lipinski definition) is 1. The molecule has 0 saturated heterocycles. The fourth-order valence-corrected chi connectivity index (χ4v) is 3.60. The number of rotatable bonds is 7. The number of nitrogens with zero attached hydrogens (tertiary/aromatic N) is 2. The summed E-state index contributed by atoms with van der Waals surface area (Å²) in [5.74, 6) is -0.382. The van der Waals surface area contributed by atoms with Crippen LogP contribution in [0.3, 0.4) is 0 Å². The lowest BCUT2D eigenvalue weighted by atomic mass is 10.0. The van der Waals surface area contributed by atoms with Gasteiger partial charge in [-0.15, -0.1) is 0 Å². The fraction of sp³-hybridized carbons (Fsp3) is 0.269. The van der Waals surface area contributed by atoms with Crippen LogP contribution in [0.1, 0.15) is 30.5 Å². The van der Waals surface area contributed by atoms with Crippen molar-refractivity contribution in [1.82, 2.24) is 10.2 Å². The lowest BCUT2D eigenvalue weighted by molar-refractivity contribution is -0.136. The van der Waals surface area contributed by atoms with Gasteiger partial charge in [-0.05, 0) is 39.9 Å². The topological polar surface area (TPSA) is 73.2 Å². The van der Waals surface area contributed by atoms with Crippen molar-refractivity contribution in [3.63, 3.8) is 0 Å². The van der Waals surface area contributed by atoms with E-state index in [1.165, 1.54) is 0 Å². The highest BCUT2D eigenvalue weighted by Gasteiger charge is 2.27. The van der Waals surface area contributed by atoms with Gasteiger partial charge >= 0.3 is 0 Å². The van der Waals surface area contributed by atoms with Crippen LogP contribution >= 0.6 is 0 Å². The Kier molecular flexibility index (Phi) is 7.04. The van der Waals surface area contributed by atoms with Crippen LogP contribution in [0.5, 0.6) is 0 Å². The number of likely N-dealkylation sites (N-methyl/N-ethyl adjacent to an activating group) is 1. The largest absolute Gasteiger partial charge is 0.344 e. The average Bonchev–Trinajstić information content (AvgIpc) is 2.76. The number of amides is 2. The summed E-state index contributed by atoms with van der Waals surface area (Å²) in [5.41, 5.74) is 2.34. The summed E-state index contributed by atoms with van der Waals surface area (Å²) in [7, 11) is 1.71. The Hall–Kier alpha value is -3.65. The van der Waals surface area contributed by atoms with Gasteiger partial charge in [-0.2, -0.15) is 5.26 Å². The molecule has 3 aromatic rings. The predicted molar refractivity (Wildman–Crippen MR) is 122 cm³/mol. The first-order chi connectivity index (χ1) is 14.9. The zero-order valence-corrected chi connectivity index (χ0v) is 18.1. The molecule has 0 aliphatic heterocycles. The Morgan fingerprint density at radius 2 is 1.71 bits per heavy atom.